The van der Waals surface area contributed by atoms with Gasteiger partial charge in [0.2, 0.25) is 0 Å². The first kappa shape index (κ1) is 21.3. The summed E-state index contributed by atoms with van der Waals surface area (Å²) in [5.41, 5.74) is 2.71. The zero-order valence-electron chi connectivity index (χ0n) is 17.8. The van der Waals surface area contributed by atoms with Gasteiger partial charge in [0.15, 0.2) is 9.84 Å². The van der Waals surface area contributed by atoms with Crippen molar-refractivity contribution >= 4 is 15.7 Å². The summed E-state index contributed by atoms with van der Waals surface area (Å²) in [6.07, 6.45) is 2.04. The van der Waals surface area contributed by atoms with Gasteiger partial charge in [-0.1, -0.05) is 36.9 Å². The molecule has 0 saturated carbocycles. The molecule has 3 heterocycles. The molecular formula is C24H23N3O5S. The smallest absolute Gasteiger partial charge is 0.273 e. The van der Waals surface area contributed by atoms with E-state index in [-0.39, 0.29) is 23.2 Å². The third-order valence-electron chi connectivity index (χ3n) is 6.13. The van der Waals surface area contributed by atoms with Crippen molar-refractivity contribution < 1.29 is 23.1 Å². The number of nitrogens with zero attached hydrogens (tertiary/aromatic N) is 2. The molecule has 3 aromatic rings. The van der Waals surface area contributed by atoms with E-state index >= 15 is 0 Å². The van der Waals surface area contributed by atoms with Crippen LogP contribution in [0.15, 0.2) is 61.2 Å². The number of aromatic amines is 1. The van der Waals surface area contributed by atoms with Crippen molar-refractivity contribution in [3.05, 3.63) is 78.0 Å². The highest BCUT2D eigenvalue weighted by Crippen LogP contribution is 2.46. The van der Waals surface area contributed by atoms with Gasteiger partial charge in [-0.2, -0.15) is 5.10 Å². The average molecular weight is 466 g/mol. The number of para-hydroxylation sites is 1. The predicted octanol–water partition coefficient (Wildman–Crippen LogP) is 3.08. The summed E-state index contributed by atoms with van der Waals surface area (Å²) in [5.74, 6) is 0.401. The number of benzene rings is 2. The molecule has 2 unspecified atom stereocenters. The first-order valence-corrected chi connectivity index (χ1v) is 12.4. The summed E-state index contributed by atoms with van der Waals surface area (Å²) in [6, 6.07) is 13.2. The SMILES string of the molecule is C=CCOc1ccc(C2c3c(-c4ccccc4O)n[nH]c3C(=O)N2C2CCS(=O)(=O)C2)cc1. The van der Waals surface area contributed by atoms with Gasteiger partial charge in [-0.15, -0.1) is 0 Å². The molecule has 170 valence electrons. The van der Waals surface area contributed by atoms with Crippen LogP contribution in [0.5, 0.6) is 11.5 Å². The minimum Gasteiger partial charge on any atom is -0.507 e. The fraction of sp³-hybridized carbons (Fsp3) is 0.250. The van der Waals surface area contributed by atoms with Gasteiger partial charge >= 0.3 is 0 Å². The maximum absolute atomic E-state index is 13.5. The molecule has 2 aromatic carbocycles. The zero-order valence-corrected chi connectivity index (χ0v) is 18.6. The average Bonchev–Trinajstić information content (AvgIpc) is 3.46. The standard InChI is InChI=1S/C24H23N3O5S/c1-2-12-32-17-9-7-15(8-10-17)23-20-21(18-5-3-4-6-19(18)28)25-26-22(20)24(29)27(23)16-11-13-33(30,31)14-16/h2-10,16,23,28H,1,11-14H2,(H,25,26). The van der Waals surface area contributed by atoms with Gasteiger partial charge in [0, 0.05) is 17.2 Å². The number of nitrogens with one attached hydrogen (secondary N) is 1. The quantitative estimate of drug-likeness (QED) is 0.541. The molecule has 0 aliphatic carbocycles. The summed E-state index contributed by atoms with van der Waals surface area (Å²) >= 11 is 0. The van der Waals surface area contributed by atoms with E-state index in [4.69, 9.17) is 4.74 Å². The number of phenolic OH excluding ortho intramolecular Hbond substituents is 1. The number of aromatic nitrogens is 2. The lowest BCUT2D eigenvalue weighted by Gasteiger charge is -2.31. The molecule has 0 bridgehead atoms. The van der Waals surface area contributed by atoms with E-state index in [1.807, 2.05) is 24.3 Å². The number of sulfone groups is 1. The number of hydrogen-bond donors (Lipinski definition) is 2. The van der Waals surface area contributed by atoms with E-state index in [1.54, 1.807) is 35.2 Å². The molecule has 2 N–H and O–H groups in total. The first-order chi connectivity index (χ1) is 15.9. The van der Waals surface area contributed by atoms with Gasteiger partial charge in [-0.05, 0) is 36.2 Å². The van der Waals surface area contributed by atoms with E-state index in [1.165, 1.54) is 0 Å². The molecule has 8 nitrogen and oxygen atoms in total. The number of ether oxygens (including phenoxy) is 1. The van der Waals surface area contributed by atoms with Gasteiger partial charge in [-0.25, -0.2) is 8.42 Å². The Balaban J connectivity index is 1.63. The minimum atomic E-state index is -3.21. The molecule has 1 fully saturated rings. The van der Waals surface area contributed by atoms with Crippen LogP contribution in [0.3, 0.4) is 0 Å². The Hall–Kier alpha value is -3.59. The highest BCUT2D eigenvalue weighted by molar-refractivity contribution is 7.91. The van der Waals surface area contributed by atoms with E-state index in [2.05, 4.69) is 16.8 Å². The molecule has 33 heavy (non-hydrogen) atoms. The summed E-state index contributed by atoms with van der Waals surface area (Å²) in [5, 5.41) is 17.6. The van der Waals surface area contributed by atoms with Crippen molar-refractivity contribution in [2.24, 2.45) is 0 Å². The Kier molecular flexibility index (Phi) is 5.20. The fourth-order valence-electron chi connectivity index (χ4n) is 4.64. The minimum absolute atomic E-state index is 0.0491. The van der Waals surface area contributed by atoms with E-state index in [0.717, 1.165) is 5.56 Å². The van der Waals surface area contributed by atoms with Crippen LogP contribution >= 0.6 is 0 Å². The van der Waals surface area contributed by atoms with E-state index < -0.39 is 21.9 Å². The van der Waals surface area contributed by atoms with Crippen LogP contribution < -0.4 is 4.74 Å². The highest BCUT2D eigenvalue weighted by Gasteiger charge is 2.48. The molecule has 5 rings (SSSR count). The van der Waals surface area contributed by atoms with Crippen LogP contribution in [-0.4, -0.2) is 58.7 Å². The Morgan fingerprint density at radius 3 is 2.64 bits per heavy atom. The van der Waals surface area contributed by atoms with Crippen molar-refractivity contribution in [1.29, 1.82) is 0 Å². The molecule has 2 aliphatic heterocycles. The second-order valence-corrected chi connectivity index (χ2v) is 10.4. The van der Waals surface area contributed by atoms with Crippen molar-refractivity contribution in [1.82, 2.24) is 15.1 Å². The number of carbonyl (C=O) groups is 1. The van der Waals surface area contributed by atoms with Crippen LogP contribution in [0.1, 0.15) is 34.1 Å². The normalized spacial score (nSPS) is 21.2. The van der Waals surface area contributed by atoms with Crippen LogP contribution in [0.4, 0.5) is 0 Å². The summed E-state index contributed by atoms with van der Waals surface area (Å²) in [7, 11) is -3.21. The van der Waals surface area contributed by atoms with Crippen LogP contribution in [0, 0.1) is 0 Å². The Bertz CT molecular complexity index is 1330. The second-order valence-electron chi connectivity index (χ2n) is 8.22. The molecule has 1 amide bonds. The van der Waals surface area contributed by atoms with Gasteiger partial charge in [0.25, 0.3) is 5.91 Å². The van der Waals surface area contributed by atoms with Crippen molar-refractivity contribution in [3.63, 3.8) is 0 Å². The van der Waals surface area contributed by atoms with Crippen LogP contribution in [-0.2, 0) is 9.84 Å². The van der Waals surface area contributed by atoms with Gasteiger partial charge < -0.3 is 14.7 Å². The lowest BCUT2D eigenvalue weighted by Crippen LogP contribution is -2.40. The molecule has 0 spiro atoms. The number of aromatic hydroxyl groups is 1. The van der Waals surface area contributed by atoms with Gasteiger partial charge in [0.1, 0.15) is 29.5 Å². The maximum Gasteiger partial charge on any atom is 0.273 e. The van der Waals surface area contributed by atoms with Gasteiger partial charge in [0.05, 0.1) is 17.5 Å². The Morgan fingerprint density at radius 1 is 1.21 bits per heavy atom. The number of amides is 1. The molecule has 9 heteroatoms. The highest BCUT2D eigenvalue weighted by atomic mass is 32.2. The maximum atomic E-state index is 13.5. The summed E-state index contributed by atoms with van der Waals surface area (Å²) in [4.78, 5) is 15.1. The van der Waals surface area contributed by atoms with E-state index in [9.17, 15) is 18.3 Å². The monoisotopic (exact) mass is 465 g/mol. The molecule has 2 aliphatic rings. The Labute approximate surface area is 191 Å². The molecule has 1 saturated heterocycles. The number of fused-ring (bicyclic) bond motifs is 1. The first-order valence-electron chi connectivity index (χ1n) is 10.6. The summed E-state index contributed by atoms with van der Waals surface area (Å²) < 4.78 is 30.0. The lowest BCUT2D eigenvalue weighted by molar-refractivity contribution is 0.0677. The van der Waals surface area contributed by atoms with Gasteiger partial charge in [-0.3, -0.25) is 9.89 Å². The van der Waals surface area contributed by atoms with Crippen molar-refractivity contribution in [2.75, 3.05) is 18.1 Å². The zero-order chi connectivity index (χ0) is 23.2. The van der Waals surface area contributed by atoms with E-state index in [0.29, 0.717) is 41.3 Å². The number of phenols is 1. The van der Waals surface area contributed by atoms with Crippen molar-refractivity contribution in [3.8, 4) is 22.8 Å². The molecular weight excluding hydrogens is 442 g/mol. The van der Waals surface area contributed by atoms with Crippen LogP contribution in [0.2, 0.25) is 0 Å². The number of carbonyl (C=O) groups excluding carboxylic acids is 1. The predicted molar refractivity (Wildman–Crippen MR) is 123 cm³/mol. The number of H-pyrrole nitrogens is 1. The number of rotatable bonds is 6. The van der Waals surface area contributed by atoms with Crippen molar-refractivity contribution in [2.45, 2.75) is 18.5 Å². The third-order valence-corrected chi connectivity index (χ3v) is 7.88. The number of hydrogen-bond acceptors (Lipinski definition) is 6. The second kappa shape index (κ2) is 8.08. The molecule has 2 atom stereocenters. The lowest BCUT2D eigenvalue weighted by atomic mass is 9.95. The largest absolute Gasteiger partial charge is 0.507 e. The third kappa shape index (κ3) is 3.68. The summed E-state index contributed by atoms with van der Waals surface area (Å²) in [6.45, 7) is 4.02. The Morgan fingerprint density at radius 2 is 1.97 bits per heavy atom. The fourth-order valence-corrected chi connectivity index (χ4v) is 6.36. The topological polar surface area (TPSA) is 113 Å². The molecule has 0 radical (unpaired) electrons. The molecule has 1 aromatic heterocycles. The van der Waals surface area contributed by atoms with Crippen LogP contribution in [0.25, 0.3) is 11.3 Å².